The minimum Gasteiger partial charge on any atom is -0.353 e. The lowest BCUT2D eigenvalue weighted by Gasteiger charge is -2.13. The number of hydrogen-bond acceptors (Lipinski definition) is 2. The van der Waals surface area contributed by atoms with Crippen LogP contribution >= 0.6 is 0 Å². The van der Waals surface area contributed by atoms with Crippen molar-refractivity contribution in [3.8, 4) is 0 Å². The molecule has 1 amide bonds. The summed E-state index contributed by atoms with van der Waals surface area (Å²) in [6.07, 6.45) is 4.76. The van der Waals surface area contributed by atoms with E-state index in [2.05, 4.69) is 5.32 Å². The highest BCUT2D eigenvalue weighted by Crippen LogP contribution is 2.57. The van der Waals surface area contributed by atoms with Crippen molar-refractivity contribution < 1.29 is 4.79 Å². The first kappa shape index (κ1) is 9.97. The molecular formula is C11H20N2O. The van der Waals surface area contributed by atoms with Gasteiger partial charge in [-0.15, -0.1) is 0 Å². The standard InChI is InChI=1S/C11H20N2O/c1-7(5-6-12)13-11(14)10-8-3-2-4-9(8)10/h7-10H,2-6,12H2,1H3,(H,13,14). The highest BCUT2D eigenvalue weighted by atomic mass is 16.2. The zero-order chi connectivity index (χ0) is 10.1. The molecule has 3 nitrogen and oxygen atoms in total. The van der Waals surface area contributed by atoms with E-state index >= 15 is 0 Å². The van der Waals surface area contributed by atoms with Crippen LogP contribution in [0.3, 0.4) is 0 Å². The normalized spacial score (nSPS) is 36.3. The first-order valence-corrected chi connectivity index (χ1v) is 5.74. The summed E-state index contributed by atoms with van der Waals surface area (Å²) < 4.78 is 0. The van der Waals surface area contributed by atoms with Crippen LogP contribution in [0.2, 0.25) is 0 Å². The molecule has 0 aromatic carbocycles. The van der Waals surface area contributed by atoms with Crippen LogP contribution < -0.4 is 11.1 Å². The van der Waals surface area contributed by atoms with E-state index in [-0.39, 0.29) is 11.9 Å². The molecule has 0 spiro atoms. The third-order valence-electron chi connectivity index (χ3n) is 3.70. The number of nitrogens with one attached hydrogen (secondary N) is 1. The summed E-state index contributed by atoms with van der Waals surface area (Å²) in [5.41, 5.74) is 5.44. The number of fused-ring (bicyclic) bond motifs is 1. The predicted molar refractivity (Wildman–Crippen MR) is 55.6 cm³/mol. The van der Waals surface area contributed by atoms with Gasteiger partial charge in [-0.3, -0.25) is 4.79 Å². The average molecular weight is 196 g/mol. The maximum atomic E-state index is 11.8. The number of carbonyl (C=O) groups is 1. The SMILES string of the molecule is CC(CCN)NC(=O)C1C2CCCC21. The Morgan fingerprint density at radius 2 is 2.14 bits per heavy atom. The van der Waals surface area contributed by atoms with Crippen LogP contribution in [0.25, 0.3) is 0 Å². The van der Waals surface area contributed by atoms with Crippen molar-refractivity contribution >= 4 is 5.91 Å². The molecule has 0 radical (unpaired) electrons. The Hall–Kier alpha value is -0.570. The van der Waals surface area contributed by atoms with E-state index in [4.69, 9.17) is 5.73 Å². The average Bonchev–Trinajstić information content (AvgIpc) is 2.61. The number of rotatable bonds is 4. The summed E-state index contributed by atoms with van der Waals surface area (Å²) in [5.74, 6) is 2.07. The minimum absolute atomic E-state index is 0.244. The van der Waals surface area contributed by atoms with E-state index in [1.165, 1.54) is 19.3 Å². The molecule has 80 valence electrons. The maximum Gasteiger partial charge on any atom is 0.223 e. The molecule has 14 heavy (non-hydrogen) atoms. The van der Waals surface area contributed by atoms with Crippen LogP contribution in [0.15, 0.2) is 0 Å². The Kier molecular flexibility index (Phi) is 2.77. The van der Waals surface area contributed by atoms with Gasteiger partial charge in [0.05, 0.1) is 0 Å². The summed E-state index contributed by atoms with van der Waals surface area (Å²) >= 11 is 0. The second-order valence-corrected chi connectivity index (χ2v) is 4.77. The van der Waals surface area contributed by atoms with E-state index in [0.29, 0.717) is 12.5 Å². The molecule has 0 aromatic rings. The summed E-state index contributed by atoms with van der Waals surface area (Å²) in [7, 11) is 0. The van der Waals surface area contributed by atoms with Crippen LogP contribution in [0.4, 0.5) is 0 Å². The van der Waals surface area contributed by atoms with Crippen molar-refractivity contribution in [3.63, 3.8) is 0 Å². The molecule has 0 aromatic heterocycles. The zero-order valence-electron chi connectivity index (χ0n) is 8.83. The summed E-state index contributed by atoms with van der Waals surface area (Å²) in [6.45, 7) is 2.68. The van der Waals surface area contributed by atoms with Crippen LogP contribution in [0.5, 0.6) is 0 Å². The maximum absolute atomic E-state index is 11.8. The lowest BCUT2D eigenvalue weighted by molar-refractivity contribution is -0.123. The number of amides is 1. The Morgan fingerprint density at radius 1 is 1.50 bits per heavy atom. The molecule has 0 bridgehead atoms. The first-order chi connectivity index (χ1) is 6.74. The van der Waals surface area contributed by atoms with E-state index in [1.807, 2.05) is 6.92 Å². The van der Waals surface area contributed by atoms with Gasteiger partial charge < -0.3 is 11.1 Å². The molecule has 0 heterocycles. The highest BCUT2D eigenvalue weighted by Gasteiger charge is 2.56. The van der Waals surface area contributed by atoms with Crippen molar-refractivity contribution in [1.82, 2.24) is 5.32 Å². The highest BCUT2D eigenvalue weighted by molar-refractivity contribution is 5.82. The Morgan fingerprint density at radius 3 is 2.71 bits per heavy atom. The smallest absolute Gasteiger partial charge is 0.223 e. The molecule has 3 N–H and O–H groups in total. The Labute approximate surface area is 85.4 Å². The fraction of sp³-hybridized carbons (Fsp3) is 0.909. The number of hydrogen-bond donors (Lipinski definition) is 2. The van der Waals surface area contributed by atoms with Gasteiger partial charge in [0, 0.05) is 12.0 Å². The van der Waals surface area contributed by atoms with Gasteiger partial charge in [-0.2, -0.15) is 0 Å². The van der Waals surface area contributed by atoms with Crippen LogP contribution in [0, 0.1) is 17.8 Å². The number of nitrogens with two attached hydrogens (primary N) is 1. The van der Waals surface area contributed by atoms with E-state index in [0.717, 1.165) is 18.3 Å². The molecule has 3 heteroatoms. The van der Waals surface area contributed by atoms with Crippen molar-refractivity contribution in [1.29, 1.82) is 0 Å². The van der Waals surface area contributed by atoms with Gasteiger partial charge in [0.25, 0.3) is 0 Å². The minimum atomic E-state index is 0.244. The largest absolute Gasteiger partial charge is 0.353 e. The summed E-state index contributed by atoms with van der Waals surface area (Å²) in [4.78, 5) is 11.8. The van der Waals surface area contributed by atoms with E-state index in [1.54, 1.807) is 0 Å². The van der Waals surface area contributed by atoms with E-state index < -0.39 is 0 Å². The molecule has 2 aliphatic rings. The zero-order valence-corrected chi connectivity index (χ0v) is 8.83. The summed E-state index contributed by atoms with van der Waals surface area (Å²) in [6, 6.07) is 0.244. The lowest BCUT2D eigenvalue weighted by atomic mass is 10.1. The van der Waals surface area contributed by atoms with Gasteiger partial charge >= 0.3 is 0 Å². The van der Waals surface area contributed by atoms with Gasteiger partial charge in [0.1, 0.15) is 0 Å². The van der Waals surface area contributed by atoms with Crippen molar-refractivity contribution in [2.75, 3.05) is 6.54 Å². The number of carbonyl (C=O) groups excluding carboxylic acids is 1. The van der Waals surface area contributed by atoms with Gasteiger partial charge in [0.2, 0.25) is 5.91 Å². The van der Waals surface area contributed by atoms with Gasteiger partial charge in [-0.1, -0.05) is 6.42 Å². The molecular weight excluding hydrogens is 176 g/mol. The van der Waals surface area contributed by atoms with Crippen molar-refractivity contribution in [3.05, 3.63) is 0 Å². The predicted octanol–water partition coefficient (Wildman–Crippen LogP) is 0.886. The monoisotopic (exact) mass is 196 g/mol. The van der Waals surface area contributed by atoms with Crippen LogP contribution in [-0.4, -0.2) is 18.5 Å². The fourth-order valence-electron chi connectivity index (χ4n) is 2.87. The van der Waals surface area contributed by atoms with Crippen molar-refractivity contribution in [2.45, 2.75) is 38.6 Å². The Balaban J connectivity index is 1.74. The quantitative estimate of drug-likeness (QED) is 0.701. The van der Waals surface area contributed by atoms with Crippen molar-refractivity contribution in [2.24, 2.45) is 23.5 Å². The molecule has 2 saturated carbocycles. The fourth-order valence-corrected chi connectivity index (χ4v) is 2.87. The molecule has 2 rings (SSSR count). The van der Waals surface area contributed by atoms with Crippen LogP contribution in [0.1, 0.15) is 32.6 Å². The third kappa shape index (κ3) is 1.78. The lowest BCUT2D eigenvalue weighted by Crippen LogP contribution is -2.35. The van der Waals surface area contributed by atoms with Gasteiger partial charge in [-0.25, -0.2) is 0 Å². The molecule has 2 aliphatic carbocycles. The van der Waals surface area contributed by atoms with E-state index in [9.17, 15) is 4.79 Å². The molecule has 3 unspecified atom stereocenters. The third-order valence-corrected chi connectivity index (χ3v) is 3.70. The molecule has 2 fully saturated rings. The second-order valence-electron chi connectivity index (χ2n) is 4.77. The Bertz CT molecular complexity index is 219. The van der Waals surface area contributed by atoms with Crippen LogP contribution in [-0.2, 0) is 4.79 Å². The van der Waals surface area contributed by atoms with Gasteiger partial charge in [-0.05, 0) is 44.6 Å². The van der Waals surface area contributed by atoms with Gasteiger partial charge in [0.15, 0.2) is 0 Å². The molecule has 0 aliphatic heterocycles. The first-order valence-electron chi connectivity index (χ1n) is 5.74. The molecule has 3 atom stereocenters. The second kappa shape index (κ2) is 3.89. The molecule has 0 saturated heterocycles. The summed E-state index contributed by atoms with van der Waals surface area (Å²) in [5, 5.41) is 3.05. The topological polar surface area (TPSA) is 55.1 Å².